The summed E-state index contributed by atoms with van der Waals surface area (Å²) in [6.45, 7) is 4.24. The molecule has 1 aliphatic carbocycles. The van der Waals surface area contributed by atoms with Gasteiger partial charge in [-0.2, -0.15) is 18.3 Å². The summed E-state index contributed by atoms with van der Waals surface area (Å²) in [6, 6.07) is 14.6. The molecular weight excluding hydrogens is 775 g/mol. The number of non-ortho nitro benzene ring substituents is 1. The lowest BCUT2D eigenvalue weighted by Gasteiger charge is -2.31. The molecule has 1 saturated carbocycles. The summed E-state index contributed by atoms with van der Waals surface area (Å²) in [4.78, 5) is 63.4. The summed E-state index contributed by atoms with van der Waals surface area (Å²) in [5.74, 6) is -1.25. The van der Waals surface area contributed by atoms with Gasteiger partial charge in [-0.15, -0.1) is 0 Å². The number of hydrogen-bond donors (Lipinski definition) is 2. The van der Waals surface area contributed by atoms with Crippen molar-refractivity contribution in [2.75, 3.05) is 39.1 Å². The Bertz CT molecular complexity index is 2050. The fourth-order valence-corrected chi connectivity index (χ4v) is 6.52. The van der Waals surface area contributed by atoms with Crippen molar-refractivity contribution < 1.29 is 47.1 Å². The van der Waals surface area contributed by atoms with E-state index < -0.39 is 22.6 Å². The summed E-state index contributed by atoms with van der Waals surface area (Å²) in [5, 5.41) is 27.5. The number of halogens is 3. The Morgan fingerprint density at radius 3 is 2.02 bits per heavy atom. The van der Waals surface area contributed by atoms with Gasteiger partial charge in [0.25, 0.3) is 17.5 Å². The molecule has 15 nitrogen and oxygen atoms in total. The van der Waals surface area contributed by atoms with Crippen LogP contribution in [0.15, 0.2) is 73.1 Å². The maximum absolute atomic E-state index is 13.0. The molecule has 2 N–H and O–H groups in total. The molecule has 0 aliphatic heterocycles. The molecule has 2 heterocycles. The third kappa shape index (κ3) is 13.1. The minimum atomic E-state index is -4.46. The predicted molar refractivity (Wildman–Crippen MR) is 211 cm³/mol. The summed E-state index contributed by atoms with van der Waals surface area (Å²) >= 11 is 0. The minimum absolute atomic E-state index is 0.0734. The van der Waals surface area contributed by atoms with E-state index in [1.807, 2.05) is 25.3 Å². The normalized spacial score (nSPS) is 13.3. The summed E-state index contributed by atoms with van der Waals surface area (Å²) in [7, 11) is 3.13. The number of aryl methyl sites for hydroxylation is 1. The molecule has 0 radical (unpaired) electrons. The summed E-state index contributed by atoms with van der Waals surface area (Å²) in [5.41, 5.74) is 2.42. The van der Waals surface area contributed by atoms with Gasteiger partial charge in [0.15, 0.2) is 5.82 Å². The van der Waals surface area contributed by atoms with Gasteiger partial charge in [0, 0.05) is 74.1 Å². The number of esters is 1. The molecule has 18 heteroatoms. The number of alkyl halides is 3. The molecule has 0 saturated heterocycles. The van der Waals surface area contributed by atoms with Crippen LogP contribution in [0.4, 0.5) is 24.5 Å². The number of ether oxygens (including phenoxy) is 1. The van der Waals surface area contributed by atoms with Crippen molar-refractivity contribution in [3.05, 3.63) is 111 Å². The van der Waals surface area contributed by atoms with E-state index in [9.17, 15) is 42.5 Å². The fourth-order valence-electron chi connectivity index (χ4n) is 6.52. The highest BCUT2D eigenvalue weighted by Crippen LogP contribution is 2.38. The Labute approximate surface area is 339 Å². The Morgan fingerprint density at radius 1 is 0.932 bits per heavy atom. The number of amides is 2. The molecule has 1 atom stereocenters. The number of nitrogens with zero attached hydrogens (tertiary/aromatic N) is 6. The van der Waals surface area contributed by atoms with Crippen LogP contribution in [0.25, 0.3) is 5.82 Å². The van der Waals surface area contributed by atoms with Crippen LogP contribution in [-0.4, -0.2) is 92.1 Å². The number of nitrogens with one attached hydrogen (secondary N) is 1. The molecule has 0 spiro atoms. The molecule has 0 bridgehead atoms. The number of nitro groups is 1. The Morgan fingerprint density at radius 2 is 1.51 bits per heavy atom. The van der Waals surface area contributed by atoms with E-state index in [0.29, 0.717) is 29.5 Å². The van der Waals surface area contributed by atoms with Crippen LogP contribution in [0.2, 0.25) is 0 Å². The molecule has 4 aromatic rings. The number of carboxylic acids is 1. The largest absolute Gasteiger partial charge is 0.481 e. The first kappa shape index (κ1) is 45.4. The Hall–Kier alpha value is -6.33. The quantitative estimate of drug-likeness (QED) is 0.0686. The van der Waals surface area contributed by atoms with Gasteiger partial charge in [-0.05, 0) is 81.1 Å². The molecule has 2 aromatic carbocycles. The molecule has 316 valence electrons. The first-order chi connectivity index (χ1) is 28.0. The second-order valence-electron chi connectivity index (χ2n) is 14.1. The lowest BCUT2D eigenvalue weighted by Crippen LogP contribution is -2.29. The number of pyridine rings is 1. The summed E-state index contributed by atoms with van der Waals surface area (Å²) in [6.07, 6.45) is 3.65. The van der Waals surface area contributed by atoms with Gasteiger partial charge in [-0.25, -0.2) is 9.67 Å². The first-order valence-electron chi connectivity index (χ1n) is 19.1. The highest BCUT2D eigenvalue weighted by Gasteiger charge is 2.31. The molecule has 2 aromatic heterocycles. The molecule has 59 heavy (non-hydrogen) atoms. The first-order valence-corrected chi connectivity index (χ1v) is 19.1. The van der Waals surface area contributed by atoms with Gasteiger partial charge in [0.1, 0.15) is 0 Å². The van der Waals surface area contributed by atoms with E-state index in [0.717, 1.165) is 54.9 Å². The van der Waals surface area contributed by atoms with E-state index in [-0.39, 0.29) is 55.4 Å². The van der Waals surface area contributed by atoms with Crippen LogP contribution in [0.3, 0.4) is 0 Å². The molecule has 1 fully saturated rings. The second-order valence-corrected chi connectivity index (χ2v) is 14.1. The molecule has 1 unspecified atom stereocenters. The number of benzene rings is 2. The van der Waals surface area contributed by atoms with Crippen molar-refractivity contribution in [2.45, 2.75) is 71.0 Å². The Balaban J connectivity index is 0.000000324. The zero-order chi connectivity index (χ0) is 43.3. The van der Waals surface area contributed by atoms with Crippen molar-refractivity contribution in [3.8, 4) is 5.82 Å². The molecule has 5 rings (SSSR count). The van der Waals surface area contributed by atoms with Crippen LogP contribution < -0.4 is 5.32 Å². The zero-order valence-electron chi connectivity index (χ0n) is 33.3. The maximum Gasteiger partial charge on any atom is 0.417 e. The average Bonchev–Trinajstić information content (AvgIpc) is 3.61. The average molecular weight is 824 g/mol. The smallest absolute Gasteiger partial charge is 0.417 e. The number of anilines is 1. The van der Waals surface area contributed by atoms with Crippen LogP contribution in [0.5, 0.6) is 0 Å². The van der Waals surface area contributed by atoms with Crippen molar-refractivity contribution in [2.24, 2.45) is 5.92 Å². The van der Waals surface area contributed by atoms with E-state index in [1.54, 1.807) is 33.2 Å². The van der Waals surface area contributed by atoms with Crippen LogP contribution in [0.1, 0.15) is 95.4 Å². The van der Waals surface area contributed by atoms with Crippen LogP contribution in [-0.2, 0) is 20.5 Å². The SMILES string of the molecule is CCOC(=O)CCN(C)C(=O)c1ccc([N+](=O)[O-])cc1.Cc1nn(-c2ccc(C(F)(F)F)cn2)cc1C(Nc1ccc(C(=O)N(C)CCC(=O)O)cc1)C1CCCCC1. The third-order valence-electron chi connectivity index (χ3n) is 9.79. The van der Waals surface area contributed by atoms with E-state index in [1.165, 1.54) is 51.2 Å². The number of hydrogen-bond acceptors (Lipinski definition) is 10. The topological polar surface area (TPSA) is 190 Å². The van der Waals surface area contributed by atoms with Crippen LogP contribution >= 0.6 is 0 Å². The molecule has 1 aliphatic rings. The van der Waals surface area contributed by atoms with E-state index in [2.05, 4.69) is 15.4 Å². The third-order valence-corrected chi connectivity index (χ3v) is 9.79. The number of carboxylic acid groups (broad SMARTS) is 1. The number of carbonyl (C=O) groups is 4. The van der Waals surface area contributed by atoms with Gasteiger partial charge in [-0.1, -0.05) is 19.3 Å². The number of carbonyl (C=O) groups excluding carboxylic acids is 3. The van der Waals surface area contributed by atoms with Gasteiger partial charge in [-0.3, -0.25) is 29.3 Å². The summed E-state index contributed by atoms with van der Waals surface area (Å²) < 4.78 is 45.2. The highest BCUT2D eigenvalue weighted by atomic mass is 19.4. The predicted octanol–water partition coefficient (Wildman–Crippen LogP) is 7.49. The maximum atomic E-state index is 13.0. The van der Waals surface area contributed by atoms with Crippen molar-refractivity contribution >= 4 is 35.1 Å². The van der Waals surface area contributed by atoms with E-state index >= 15 is 0 Å². The fraction of sp³-hybridized carbons (Fsp3) is 0.415. The highest BCUT2D eigenvalue weighted by molar-refractivity contribution is 5.95. The van der Waals surface area contributed by atoms with Crippen LogP contribution in [0, 0.1) is 23.0 Å². The lowest BCUT2D eigenvalue weighted by atomic mass is 9.81. The standard InChI is InChI=1S/C28H32F3N5O3.C13H16N2O5/c1-18-23(17-36(34-18)24-13-10-21(16-32-24)28(29,30)31)26(19-6-4-3-5-7-19)33-22-11-8-20(9-12-22)27(39)35(2)15-14-25(37)38;1-3-20-12(16)8-9-14(2)13(17)10-4-6-11(7-5-10)15(18)19/h8-13,16-17,19,26,33H,3-7,14-15H2,1-2H3,(H,37,38);4-7H,3,8-9H2,1-2H3. The van der Waals surface area contributed by atoms with Crippen molar-refractivity contribution in [1.82, 2.24) is 24.6 Å². The molecular formula is C41H48F3N7O8. The zero-order valence-corrected chi connectivity index (χ0v) is 33.3. The van der Waals surface area contributed by atoms with Crippen molar-refractivity contribution in [3.63, 3.8) is 0 Å². The number of rotatable bonds is 15. The lowest BCUT2D eigenvalue weighted by molar-refractivity contribution is -0.384. The van der Waals surface area contributed by atoms with Gasteiger partial charge >= 0.3 is 18.1 Å². The second kappa shape index (κ2) is 20.9. The van der Waals surface area contributed by atoms with Gasteiger partial charge in [0.05, 0.1) is 41.7 Å². The molecule has 2 amide bonds. The van der Waals surface area contributed by atoms with E-state index in [4.69, 9.17) is 9.84 Å². The van der Waals surface area contributed by atoms with Gasteiger partial charge < -0.3 is 25.0 Å². The number of nitro benzene ring substituents is 1. The monoisotopic (exact) mass is 823 g/mol. The Kier molecular flexibility index (Phi) is 16.1. The van der Waals surface area contributed by atoms with Crippen molar-refractivity contribution in [1.29, 1.82) is 0 Å². The van der Waals surface area contributed by atoms with Gasteiger partial charge in [0.2, 0.25) is 0 Å². The number of aliphatic carboxylic acids is 1. The minimum Gasteiger partial charge on any atom is -0.481 e. The number of aromatic nitrogens is 3.